The van der Waals surface area contributed by atoms with Crippen LogP contribution in [-0.4, -0.2) is 37.6 Å². The fourth-order valence-corrected chi connectivity index (χ4v) is 5.38. The molecular formula is C39H71NO2. The van der Waals surface area contributed by atoms with E-state index in [0.29, 0.717) is 18.3 Å². The van der Waals surface area contributed by atoms with Gasteiger partial charge in [0.1, 0.15) is 6.10 Å². The van der Waals surface area contributed by atoms with E-state index in [-0.39, 0.29) is 12.1 Å². The number of hydrogen-bond acceptors (Lipinski definition) is 3. The molecule has 0 saturated heterocycles. The van der Waals surface area contributed by atoms with Gasteiger partial charge in [-0.05, 0) is 129 Å². The van der Waals surface area contributed by atoms with Crippen LogP contribution in [0.4, 0.5) is 0 Å². The molecule has 0 aromatic carbocycles. The molecule has 42 heavy (non-hydrogen) atoms. The number of allylic oxidation sites excluding steroid dienone is 8. The Labute approximate surface area is 263 Å². The number of unbranched alkanes of at least 4 members (excludes halogenated alkanes) is 5. The van der Waals surface area contributed by atoms with Gasteiger partial charge in [-0.2, -0.15) is 0 Å². The van der Waals surface area contributed by atoms with Gasteiger partial charge in [-0.25, -0.2) is 0 Å². The lowest BCUT2D eigenvalue weighted by atomic mass is 9.83. The smallest absolute Gasteiger partial charge is 0.306 e. The minimum absolute atomic E-state index is 0.00902. The largest absolute Gasteiger partial charge is 0.462 e. The van der Waals surface area contributed by atoms with Crippen LogP contribution < -0.4 is 0 Å². The highest BCUT2D eigenvalue weighted by atomic mass is 16.5. The van der Waals surface area contributed by atoms with Crippen LogP contribution in [0.1, 0.15) is 156 Å². The van der Waals surface area contributed by atoms with Crippen molar-refractivity contribution in [1.82, 2.24) is 4.90 Å². The molecule has 3 heteroatoms. The molecule has 0 heterocycles. The summed E-state index contributed by atoms with van der Waals surface area (Å²) in [6, 6.07) is 0. The molecule has 0 spiro atoms. The zero-order valence-corrected chi connectivity index (χ0v) is 29.0. The number of carbonyl (C=O) groups is 1. The second-order valence-electron chi connectivity index (χ2n) is 12.5. The van der Waals surface area contributed by atoms with E-state index in [1.165, 1.54) is 38.5 Å². The Kier molecular flexibility index (Phi) is 29.7. The minimum atomic E-state index is 0.00902. The molecule has 0 aromatic rings. The number of nitrogens with zero attached hydrogens (tertiary/aromatic N) is 1. The Balaban J connectivity index is 5.77. The van der Waals surface area contributed by atoms with Crippen molar-refractivity contribution in [3.05, 3.63) is 48.6 Å². The van der Waals surface area contributed by atoms with E-state index in [4.69, 9.17) is 4.74 Å². The maximum Gasteiger partial charge on any atom is 0.306 e. The zero-order chi connectivity index (χ0) is 31.1. The van der Waals surface area contributed by atoms with Crippen molar-refractivity contribution >= 4 is 5.97 Å². The summed E-state index contributed by atoms with van der Waals surface area (Å²) in [6.07, 6.45) is 40.7. The Bertz CT molecular complexity index is 665. The number of hydrogen-bond donors (Lipinski definition) is 0. The van der Waals surface area contributed by atoms with Crippen LogP contribution >= 0.6 is 0 Å². The SMILES string of the molecule is CCCC=CCCC(CC/C=C\CCC)CC(OC(=O)CCCCN(C)C)C(CCC=CCCC)CC/C=C\CCC. The summed E-state index contributed by atoms with van der Waals surface area (Å²) in [5, 5.41) is 0. The van der Waals surface area contributed by atoms with E-state index >= 15 is 0 Å². The lowest BCUT2D eigenvalue weighted by Gasteiger charge is -2.30. The van der Waals surface area contributed by atoms with Gasteiger partial charge < -0.3 is 9.64 Å². The van der Waals surface area contributed by atoms with Crippen LogP contribution in [0.2, 0.25) is 0 Å². The first kappa shape index (κ1) is 40.4. The molecule has 3 nitrogen and oxygen atoms in total. The second kappa shape index (κ2) is 30.8. The molecule has 0 aliphatic rings. The minimum Gasteiger partial charge on any atom is -0.462 e. The average Bonchev–Trinajstić information content (AvgIpc) is 2.97. The van der Waals surface area contributed by atoms with Gasteiger partial charge in [-0.15, -0.1) is 0 Å². The van der Waals surface area contributed by atoms with E-state index in [2.05, 4.69) is 95.3 Å². The van der Waals surface area contributed by atoms with E-state index in [9.17, 15) is 4.79 Å². The summed E-state index contributed by atoms with van der Waals surface area (Å²) in [7, 11) is 4.19. The first-order valence-electron chi connectivity index (χ1n) is 17.9. The number of esters is 1. The standard InChI is InChI=1S/C39H71NO2/c1-7-11-15-19-23-29-36(30-24-20-16-12-8-2)35-38(42-39(41)33-27-28-34-40(5)6)37(31-25-21-17-13-9-3)32-26-22-18-14-10-4/h15-22,36-38H,7-14,23-35H2,1-6H3/b19-15-,20-16?,21-17-,22-18?. The molecule has 3 atom stereocenters. The van der Waals surface area contributed by atoms with E-state index in [1.807, 2.05) is 0 Å². The topological polar surface area (TPSA) is 29.5 Å². The third-order valence-corrected chi connectivity index (χ3v) is 7.99. The Hall–Kier alpha value is -1.61. The molecule has 0 saturated carbocycles. The van der Waals surface area contributed by atoms with Crippen LogP contribution in [0.5, 0.6) is 0 Å². The number of carbonyl (C=O) groups excluding carboxylic acids is 1. The average molecular weight is 586 g/mol. The van der Waals surface area contributed by atoms with E-state index < -0.39 is 0 Å². The van der Waals surface area contributed by atoms with Gasteiger partial charge in [0.2, 0.25) is 0 Å². The summed E-state index contributed by atoms with van der Waals surface area (Å²) in [5.41, 5.74) is 0. The molecular weight excluding hydrogens is 514 g/mol. The normalized spacial score (nSPS) is 14.6. The van der Waals surface area contributed by atoms with Gasteiger partial charge in [0.05, 0.1) is 0 Å². The highest BCUT2D eigenvalue weighted by molar-refractivity contribution is 5.69. The van der Waals surface area contributed by atoms with Crippen LogP contribution in [0.3, 0.4) is 0 Å². The summed E-state index contributed by atoms with van der Waals surface area (Å²) in [4.78, 5) is 15.4. The van der Waals surface area contributed by atoms with Gasteiger partial charge in [-0.1, -0.05) is 102 Å². The van der Waals surface area contributed by atoms with Crippen molar-refractivity contribution in [2.75, 3.05) is 20.6 Å². The van der Waals surface area contributed by atoms with E-state index in [0.717, 1.165) is 90.0 Å². The van der Waals surface area contributed by atoms with E-state index in [1.54, 1.807) is 0 Å². The monoisotopic (exact) mass is 586 g/mol. The Morgan fingerprint density at radius 1 is 0.595 bits per heavy atom. The summed E-state index contributed by atoms with van der Waals surface area (Å²) in [6.45, 7) is 9.97. The highest BCUT2D eigenvalue weighted by Gasteiger charge is 2.27. The molecule has 0 rings (SSSR count). The van der Waals surface area contributed by atoms with Crippen LogP contribution in [-0.2, 0) is 9.53 Å². The van der Waals surface area contributed by atoms with Crippen molar-refractivity contribution in [2.24, 2.45) is 11.8 Å². The van der Waals surface area contributed by atoms with Gasteiger partial charge in [0.25, 0.3) is 0 Å². The molecule has 244 valence electrons. The number of rotatable bonds is 29. The van der Waals surface area contributed by atoms with Crippen LogP contribution in [0.25, 0.3) is 0 Å². The Morgan fingerprint density at radius 2 is 1.00 bits per heavy atom. The fourth-order valence-electron chi connectivity index (χ4n) is 5.38. The molecule has 0 radical (unpaired) electrons. The van der Waals surface area contributed by atoms with Crippen molar-refractivity contribution in [3.8, 4) is 0 Å². The lowest BCUT2D eigenvalue weighted by Crippen LogP contribution is -2.30. The van der Waals surface area contributed by atoms with Crippen molar-refractivity contribution in [3.63, 3.8) is 0 Å². The summed E-state index contributed by atoms with van der Waals surface area (Å²) in [5.74, 6) is 0.987. The quantitative estimate of drug-likeness (QED) is 0.0497. The van der Waals surface area contributed by atoms with Gasteiger partial charge >= 0.3 is 5.97 Å². The maximum absolute atomic E-state index is 13.2. The summed E-state index contributed by atoms with van der Waals surface area (Å²) >= 11 is 0. The number of ether oxygens (including phenoxy) is 1. The second-order valence-corrected chi connectivity index (χ2v) is 12.5. The maximum atomic E-state index is 13.2. The molecule has 0 aliphatic carbocycles. The van der Waals surface area contributed by atoms with Crippen molar-refractivity contribution in [2.45, 2.75) is 162 Å². The third kappa shape index (κ3) is 26.1. The molecule has 0 aliphatic heterocycles. The highest BCUT2D eigenvalue weighted by Crippen LogP contribution is 2.31. The molecule has 0 N–H and O–H groups in total. The van der Waals surface area contributed by atoms with Crippen LogP contribution in [0.15, 0.2) is 48.6 Å². The molecule has 3 unspecified atom stereocenters. The Morgan fingerprint density at radius 3 is 1.40 bits per heavy atom. The predicted molar refractivity (Wildman–Crippen MR) is 187 cm³/mol. The van der Waals surface area contributed by atoms with Crippen molar-refractivity contribution in [1.29, 1.82) is 0 Å². The molecule has 0 amide bonds. The lowest BCUT2D eigenvalue weighted by molar-refractivity contribution is -0.153. The zero-order valence-electron chi connectivity index (χ0n) is 29.0. The first-order chi connectivity index (χ1) is 20.5. The summed E-state index contributed by atoms with van der Waals surface area (Å²) < 4.78 is 6.46. The van der Waals surface area contributed by atoms with Gasteiger partial charge in [-0.3, -0.25) is 4.79 Å². The van der Waals surface area contributed by atoms with Crippen LogP contribution in [0, 0.1) is 11.8 Å². The molecule has 0 bridgehead atoms. The fraction of sp³-hybridized carbons (Fsp3) is 0.769. The predicted octanol–water partition coefficient (Wildman–Crippen LogP) is 11.8. The molecule has 0 aromatic heterocycles. The van der Waals surface area contributed by atoms with Gasteiger partial charge in [0.15, 0.2) is 0 Å². The molecule has 0 fully saturated rings. The third-order valence-electron chi connectivity index (χ3n) is 7.99. The van der Waals surface area contributed by atoms with Gasteiger partial charge in [0, 0.05) is 6.42 Å². The first-order valence-corrected chi connectivity index (χ1v) is 17.9. The van der Waals surface area contributed by atoms with Crippen molar-refractivity contribution < 1.29 is 9.53 Å².